The maximum Gasteiger partial charge on any atom is 0.305 e. The molecule has 2 amide bonds. The van der Waals surface area contributed by atoms with Gasteiger partial charge in [-0.15, -0.1) is 0 Å². The maximum atomic E-state index is 12.5. The number of nitrogens with one attached hydrogen (secondary N) is 2. The number of hydrogen-bond donors (Lipinski definition) is 2. The molecule has 8 heteroatoms. The number of amides is 2. The van der Waals surface area contributed by atoms with Crippen molar-refractivity contribution in [3.05, 3.63) is 71.4 Å². The van der Waals surface area contributed by atoms with Crippen LogP contribution in [-0.2, 0) is 12.1 Å². The van der Waals surface area contributed by atoms with Crippen molar-refractivity contribution in [3.63, 3.8) is 0 Å². The molecule has 162 valence electrons. The third-order valence-corrected chi connectivity index (χ3v) is 4.90. The van der Waals surface area contributed by atoms with E-state index in [4.69, 9.17) is 9.15 Å². The van der Waals surface area contributed by atoms with Gasteiger partial charge in [0.05, 0.1) is 5.54 Å². The Morgan fingerprint density at radius 3 is 2.48 bits per heavy atom. The molecule has 0 saturated heterocycles. The predicted octanol–water partition coefficient (Wildman–Crippen LogP) is 3.76. The van der Waals surface area contributed by atoms with Gasteiger partial charge in [-0.25, -0.2) is 0 Å². The van der Waals surface area contributed by atoms with Crippen molar-refractivity contribution in [3.8, 4) is 5.75 Å². The monoisotopic (exact) mass is 422 g/mol. The highest BCUT2D eigenvalue weighted by molar-refractivity contribution is 5.97. The summed E-state index contributed by atoms with van der Waals surface area (Å²) >= 11 is 0. The van der Waals surface area contributed by atoms with E-state index in [1.165, 1.54) is 6.07 Å². The summed E-state index contributed by atoms with van der Waals surface area (Å²) in [7, 11) is 0. The van der Waals surface area contributed by atoms with Crippen LogP contribution in [0.25, 0.3) is 0 Å². The Bertz CT molecular complexity index is 1070. The Morgan fingerprint density at radius 1 is 1.10 bits per heavy atom. The van der Waals surface area contributed by atoms with E-state index in [1.807, 2.05) is 55.8 Å². The Morgan fingerprint density at radius 2 is 1.81 bits per heavy atom. The number of furan rings is 1. The number of para-hydroxylation sites is 1. The van der Waals surface area contributed by atoms with Crippen LogP contribution in [0.5, 0.6) is 5.75 Å². The van der Waals surface area contributed by atoms with Gasteiger partial charge in [-0.1, -0.05) is 18.2 Å². The lowest BCUT2D eigenvalue weighted by Crippen LogP contribution is -2.41. The first-order chi connectivity index (χ1) is 14.8. The zero-order valence-corrected chi connectivity index (χ0v) is 17.8. The van der Waals surface area contributed by atoms with Crippen LogP contribution in [0.15, 0.2) is 52.9 Å². The summed E-state index contributed by atoms with van der Waals surface area (Å²) in [5.41, 5.74) is 5.88. The first kappa shape index (κ1) is 20.7. The SMILES string of the molecule is CC(C)(C)n1nc(C(=O)NNC(=O)c2ccc(COc3ccccc3)o2)cc1C1CC1. The summed E-state index contributed by atoms with van der Waals surface area (Å²) < 4.78 is 13.0. The maximum absolute atomic E-state index is 12.5. The highest BCUT2D eigenvalue weighted by Crippen LogP contribution is 2.41. The van der Waals surface area contributed by atoms with Gasteiger partial charge in [0.2, 0.25) is 0 Å². The van der Waals surface area contributed by atoms with Crippen molar-refractivity contribution in [1.29, 1.82) is 0 Å². The molecule has 4 rings (SSSR count). The number of benzene rings is 1. The van der Waals surface area contributed by atoms with E-state index in [-0.39, 0.29) is 23.6 Å². The van der Waals surface area contributed by atoms with E-state index in [0.29, 0.717) is 17.4 Å². The number of hydrazine groups is 1. The van der Waals surface area contributed by atoms with Crippen LogP contribution in [0.2, 0.25) is 0 Å². The first-order valence-electron chi connectivity index (χ1n) is 10.3. The summed E-state index contributed by atoms with van der Waals surface area (Å²) in [6, 6.07) is 14.3. The second kappa shape index (κ2) is 8.29. The molecule has 0 spiro atoms. The van der Waals surface area contributed by atoms with Gasteiger partial charge < -0.3 is 9.15 Å². The van der Waals surface area contributed by atoms with Crippen LogP contribution in [0.3, 0.4) is 0 Å². The summed E-state index contributed by atoms with van der Waals surface area (Å²) in [5.74, 6) is 0.693. The Hall–Kier alpha value is -3.55. The minimum Gasteiger partial charge on any atom is -0.486 e. The number of rotatable bonds is 6. The number of carbonyl (C=O) groups excluding carboxylic acids is 2. The number of carbonyl (C=O) groups is 2. The topological polar surface area (TPSA) is 98.4 Å². The van der Waals surface area contributed by atoms with Gasteiger partial charge in [-0.3, -0.25) is 25.1 Å². The molecule has 1 fully saturated rings. The molecule has 2 heterocycles. The van der Waals surface area contributed by atoms with E-state index < -0.39 is 11.8 Å². The predicted molar refractivity (Wildman–Crippen MR) is 114 cm³/mol. The average Bonchev–Trinajstić information content (AvgIpc) is 3.30. The van der Waals surface area contributed by atoms with Gasteiger partial charge in [0.1, 0.15) is 18.1 Å². The Labute approximate surface area is 180 Å². The first-order valence-corrected chi connectivity index (χ1v) is 10.3. The van der Waals surface area contributed by atoms with E-state index >= 15 is 0 Å². The van der Waals surface area contributed by atoms with Gasteiger partial charge in [0.15, 0.2) is 11.5 Å². The molecule has 1 aliphatic carbocycles. The number of ether oxygens (including phenoxy) is 1. The zero-order valence-electron chi connectivity index (χ0n) is 17.8. The van der Waals surface area contributed by atoms with Crippen molar-refractivity contribution < 1.29 is 18.7 Å². The summed E-state index contributed by atoms with van der Waals surface area (Å²) in [5, 5.41) is 4.46. The molecular weight excluding hydrogens is 396 g/mol. The largest absolute Gasteiger partial charge is 0.486 e. The summed E-state index contributed by atoms with van der Waals surface area (Å²) in [4.78, 5) is 24.9. The van der Waals surface area contributed by atoms with Crippen LogP contribution < -0.4 is 15.6 Å². The molecule has 8 nitrogen and oxygen atoms in total. The van der Waals surface area contributed by atoms with Crippen molar-refractivity contribution in [2.75, 3.05) is 0 Å². The molecule has 2 N–H and O–H groups in total. The van der Waals surface area contributed by atoms with Crippen LogP contribution in [0, 0.1) is 0 Å². The molecule has 0 aliphatic heterocycles. The van der Waals surface area contributed by atoms with E-state index in [9.17, 15) is 9.59 Å². The third kappa shape index (κ3) is 4.96. The number of aromatic nitrogens is 2. The molecule has 0 radical (unpaired) electrons. The van der Waals surface area contributed by atoms with Gasteiger partial charge in [0.25, 0.3) is 5.91 Å². The lowest BCUT2D eigenvalue weighted by molar-refractivity contribution is 0.0825. The lowest BCUT2D eigenvalue weighted by Gasteiger charge is -2.22. The fourth-order valence-electron chi connectivity index (χ4n) is 3.20. The molecule has 3 aromatic rings. The summed E-state index contributed by atoms with van der Waals surface area (Å²) in [6.07, 6.45) is 2.21. The molecule has 1 saturated carbocycles. The quantitative estimate of drug-likeness (QED) is 0.590. The fraction of sp³-hybridized carbons (Fsp3) is 0.348. The number of hydrogen-bond acceptors (Lipinski definition) is 5. The van der Waals surface area contributed by atoms with E-state index in [0.717, 1.165) is 18.5 Å². The van der Waals surface area contributed by atoms with Crippen molar-refractivity contribution in [2.45, 2.75) is 51.7 Å². The van der Waals surface area contributed by atoms with Gasteiger partial charge in [-0.2, -0.15) is 5.10 Å². The minimum absolute atomic E-state index is 0.0749. The number of nitrogens with zero attached hydrogens (tertiary/aromatic N) is 2. The van der Waals surface area contributed by atoms with Gasteiger partial charge in [0, 0.05) is 11.6 Å². The van der Waals surface area contributed by atoms with Gasteiger partial charge in [-0.05, 0) is 63.9 Å². The molecule has 31 heavy (non-hydrogen) atoms. The molecular formula is C23H26N4O4. The Balaban J connectivity index is 1.34. The van der Waals surface area contributed by atoms with Gasteiger partial charge >= 0.3 is 5.91 Å². The van der Waals surface area contributed by atoms with Crippen LogP contribution in [0.4, 0.5) is 0 Å². The second-order valence-electron chi connectivity index (χ2n) is 8.59. The smallest absolute Gasteiger partial charge is 0.305 e. The Kier molecular flexibility index (Phi) is 5.54. The van der Waals surface area contributed by atoms with E-state index in [1.54, 1.807) is 12.1 Å². The van der Waals surface area contributed by atoms with Crippen molar-refractivity contribution in [2.24, 2.45) is 0 Å². The normalized spacial score (nSPS) is 13.6. The standard InChI is InChI=1S/C23H26N4O4/c1-23(2,3)27-19(15-9-10-15)13-18(26-27)21(28)24-25-22(29)20-12-11-17(31-20)14-30-16-7-5-4-6-8-16/h4-8,11-13,15H,9-10,14H2,1-3H3,(H,24,28)(H,25,29). The zero-order chi connectivity index (χ0) is 22.0. The van der Waals surface area contributed by atoms with Crippen LogP contribution >= 0.6 is 0 Å². The molecule has 0 unspecified atom stereocenters. The molecule has 0 atom stereocenters. The third-order valence-electron chi connectivity index (χ3n) is 4.90. The molecule has 1 aliphatic rings. The summed E-state index contributed by atoms with van der Waals surface area (Å²) in [6.45, 7) is 6.33. The highest BCUT2D eigenvalue weighted by atomic mass is 16.5. The fourth-order valence-corrected chi connectivity index (χ4v) is 3.20. The molecule has 0 bridgehead atoms. The second-order valence-corrected chi connectivity index (χ2v) is 8.59. The molecule has 2 aromatic heterocycles. The average molecular weight is 422 g/mol. The molecule has 1 aromatic carbocycles. The van der Waals surface area contributed by atoms with E-state index in [2.05, 4.69) is 16.0 Å². The van der Waals surface area contributed by atoms with Crippen LogP contribution in [-0.4, -0.2) is 21.6 Å². The van der Waals surface area contributed by atoms with Crippen molar-refractivity contribution in [1.82, 2.24) is 20.6 Å². The minimum atomic E-state index is -0.558. The van der Waals surface area contributed by atoms with Crippen LogP contribution in [0.1, 0.15) is 72.0 Å². The highest BCUT2D eigenvalue weighted by Gasteiger charge is 2.32. The lowest BCUT2D eigenvalue weighted by atomic mass is 10.1. The van der Waals surface area contributed by atoms with Crippen molar-refractivity contribution >= 4 is 11.8 Å².